The number of ether oxygens (including phenoxy) is 3. The van der Waals surface area contributed by atoms with Gasteiger partial charge in [0.25, 0.3) is 0 Å². The Kier molecular flexibility index (Phi) is 9.33. The zero-order chi connectivity index (χ0) is 38.8. The minimum Gasteiger partial charge on any atom is -0.488 e. The minimum absolute atomic E-state index is 0.0830. The van der Waals surface area contributed by atoms with Crippen LogP contribution in [0.4, 0.5) is 15.3 Å². The average Bonchev–Trinajstić information content (AvgIpc) is 3.97. The van der Waals surface area contributed by atoms with Gasteiger partial charge in [0, 0.05) is 30.8 Å². The van der Waals surface area contributed by atoms with Crippen LogP contribution in [-0.2, 0) is 27.3 Å². The van der Waals surface area contributed by atoms with Crippen LogP contribution in [0, 0.1) is 11.8 Å². The van der Waals surface area contributed by atoms with Crippen LogP contribution in [0.2, 0.25) is 0 Å². The van der Waals surface area contributed by atoms with Crippen molar-refractivity contribution in [3.63, 3.8) is 0 Å². The first-order chi connectivity index (χ1) is 26.3. The normalized spacial score (nSPS) is 20.8. The quantitative estimate of drug-likeness (QED) is 0.203. The number of methoxy groups -OCH3 is 1. The first-order valence-electron chi connectivity index (χ1n) is 19.4. The van der Waals surface area contributed by atoms with Gasteiger partial charge in [0.15, 0.2) is 0 Å². The summed E-state index contributed by atoms with van der Waals surface area (Å²) in [7, 11) is 1.30. The van der Waals surface area contributed by atoms with Crippen molar-refractivity contribution in [2.75, 3.05) is 20.2 Å². The molecule has 4 aliphatic heterocycles. The number of likely N-dealkylation sites (tertiary alicyclic amines) is 2. The van der Waals surface area contributed by atoms with E-state index in [1.807, 2.05) is 50.6 Å². The Bertz CT molecular complexity index is 2220. The summed E-state index contributed by atoms with van der Waals surface area (Å²) in [5.41, 5.74) is 7.68. The number of benzene rings is 3. The van der Waals surface area contributed by atoms with Gasteiger partial charge in [-0.1, -0.05) is 39.0 Å². The smallest absolute Gasteiger partial charge is 0.410 e. The van der Waals surface area contributed by atoms with Crippen molar-refractivity contribution >= 4 is 40.3 Å². The van der Waals surface area contributed by atoms with E-state index in [9.17, 15) is 14.4 Å². The van der Waals surface area contributed by atoms with E-state index < -0.39 is 17.7 Å². The summed E-state index contributed by atoms with van der Waals surface area (Å²) in [5, 5.41) is 4.95. The third-order valence-electron chi connectivity index (χ3n) is 11.3. The maximum Gasteiger partial charge on any atom is 0.410 e. The lowest BCUT2D eigenvalue weighted by atomic mass is 9.90. The summed E-state index contributed by atoms with van der Waals surface area (Å²) in [5.74, 6) is 1.70. The van der Waals surface area contributed by atoms with Gasteiger partial charge in [-0.15, -0.1) is 0 Å². The number of nitrogens with zero attached hydrogens (tertiary/aromatic N) is 4. The van der Waals surface area contributed by atoms with E-state index in [4.69, 9.17) is 24.2 Å². The molecule has 4 atom stereocenters. The second kappa shape index (κ2) is 14.0. The molecule has 2 saturated heterocycles. The van der Waals surface area contributed by atoms with Crippen molar-refractivity contribution in [2.24, 2.45) is 16.8 Å². The molecule has 288 valence electrons. The van der Waals surface area contributed by atoms with Gasteiger partial charge in [0.05, 0.1) is 36.8 Å². The number of carbonyl (C=O) groups excluding carboxylic acids is 3. The number of H-pyrrole nitrogens is 1. The van der Waals surface area contributed by atoms with Crippen LogP contribution in [0.3, 0.4) is 0 Å². The number of fused-ring (bicyclic) bond motifs is 6. The summed E-state index contributed by atoms with van der Waals surface area (Å²) >= 11 is 0. The van der Waals surface area contributed by atoms with Crippen molar-refractivity contribution < 1.29 is 28.6 Å². The Morgan fingerprint density at radius 3 is 2.62 bits per heavy atom. The highest BCUT2D eigenvalue weighted by atomic mass is 16.6. The number of amides is 3. The number of aromatic nitrogens is 2. The molecule has 0 aliphatic carbocycles. The van der Waals surface area contributed by atoms with Gasteiger partial charge >= 0.3 is 12.2 Å². The molecule has 4 aliphatic rings. The molecule has 2 fully saturated rings. The molecule has 2 N–H and O–H groups in total. The third-order valence-corrected chi connectivity index (χ3v) is 11.3. The van der Waals surface area contributed by atoms with Gasteiger partial charge in [-0.25, -0.2) is 14.6 Å². The molecule has 8 rings (SSSR count). The maximum atomic E-state index is 13.6. The van der Waals surface area contributed by atoms with Crippen LogP contribution < -0.4 is 10.1 Å². The molecule has 0 saturated carbocycles. The number of aliphatic imine (C=N–C) groups is 1. The second-order valence-corrected chi connectivity index (χ2v) is 16.8. The lowest BCUT2D eigenvalue weighted by Gasteiger charge is -2.30. The van der Waals surface area contributed by atoms with Crippen molar-refractivity contribution in [1.82, 2.24) is 25.1 Å². The van der Waals surface area contributed by atoms with E-state index in [-0.39, 0.29) is 30.0 Å². The fourth-order valence-electron chi connectivity index (χ4n) is 8.62. The average molecular weight is 747 g/mol. The van der Waals surface area contributed by atoms with Crippen LogP contribution >= 0.6 is 0 Å². The fourth-order valence-corrected chi connectivity index (χ4v) is 8.62. The molecule has 5 heterocycles. The van der Waals surface area contributed by atoms with Crippen molar-refractivity contribution in [3.8, 4) is 28.1 Å². The Morgan fingerprint density at radius 1 is 1.04 bits per heavy atom. The van der Waals surface area contributed by atoms with Crippen LogP contribution in [0.5, 0.6) is 5.75 Å². The van der Waals surface area contributed by atoms with Gasteiger partial charge in [-0.2, -0.15) is 0 Å². The van der Waals surface area contributed by atoms with Gasteiger partial charge in [0.2, 0.25) is 5.91 Å². The molecule has 3 aromatic carbocycles. The van der Waals surface area contributed by atoms with Crippen LogP contribution in [0.25, 0.3) is 33.2 Å². The van der Waals surface area contributed by atoms with Gasteiger partial charge in [-0.3, -0.25) is 14.7 Å². The Balaban J connectivity index is 1.01. The van der Waals surface area contributed by atoms with Crippen molar-refractivity contribution in [3.05, 3.63) is 65.6 Å². The lowest BCUT2D eigenvalue weighted by molar-refractivity contribution is -0.135. The third kappa shape index (κ3) is 6.91. The number of imidazole rings is 1. The minimum atomic E-state index is -0.688. The largest absolute Gasteiger partial charge is 0.488 e. The Morgan fingerprint density at radius 2 is 1.85 bits per heavy atom. The van der Waals surface area contributed by atoms with Gasteiger partial charge in [0.1, 0.15) is 29.8 Å². The van der Waals surface area contributed by atoms with Gasteiger partial charge < -0.3 is 29.4 Å². The summed E-state index contributed by atoms with van der Waals surface area (Å²) in [6.07, 6.45) is 4.12. The zero-order valence-electron chi connectivity index (χ0n) is 32.7. The number of carbonyl (C=O) groups is 3. The molecule has 12 nitrogen and oxygen atoms in total. The highest BCUT2D eigenvalue weighted by Crippen LogP contribution is 2.45. The molecule has 0 spiro atoms. The predicted molar refractivity (Wildman–Crippen MR) is 210 cm³/mol. The maximum absolute atomic E-state index is 13.6. The highest BCUT2D eigenvalue weighted by Gasteiger charge is 2.41. The molecular formula is C43H50N6O6. The Hall–Kier alpha value is -5.39. The van der Waals surface area contributed by atoms with Crippen LogP contribution in [0.1, 0.15) is 83.8 Å². The highest BCUT2D eigenvalue weighted by molar-refractivity contribution is 6.06. The number of aromatic amines is 1. The standard InChI is InChI=1S/C43H50N6O6/c1-23(2)38(47-41(51)53-7)40(50)48-14-8-9-35(48)39-44-20-34(46-39)26-10-12-28-27(16-26)22-54-37-19-29-25(17-31(28)37)11-13-32-30(29)18-33(45-32)36-15-24(3)21-49(36)42(52)55-43(4,5)6/h10-13,16-17,19-20,23-24,35-36,38H,8-9,14-15,18,21-22H2,1-7H3,(H,44,46)(H,47,51)/t24-,35-,36-,38-/m0/s1. The monoisotopic (exact) mass is 746 g/mol. The van der Waals surface area contributed by atoms with E-state index in [2.05, 4.69) is 59.7 Å². The predicted octanol–water partition coefficient (Wildman–Crippen LogP) is 8.11. The molecule has 0 bridgehead atoms. The number of alkyl carbamates (subject to hydrolysis) is 1. The number of rotatable bonds is 6. The van der Waals surface area contributed by atoms with Crippen LogP contribution in [0.15, 0.2) is 53.7 Å². The summed E-state index contributed by atoms with van der Waals surface area (Å²) in [6.45, 7) is 13.4. The molecular weight excluding hydrogens is 697 g/mol. The number of hydrogen-bond acceptors (Lipinski definition) is 8. The molecule has 12 heteroatoms. The topological polar surface area (TPSA) is 138 Å². The van der Waals surface area contributed by atoms with E-state index in [0.717, 1.165) is 81.0 Å². The molecule has 4 aromatic rings. The van der Waals surface area contributed by atoms with Crippen molar-refractivity contribution in [2.45, 2.75) is 97.6 Å². The summed E-state index contributed by atoms with van der Waals surface area (Å²) < 4.78 is 17.0. The first-order valence-corrected chi connectivity index (χ1v) is 19.4. The van der Waals surface area contributed by atoms with E-state index >= 15 is 0 Å². The summed E-state index contributed by atoms with van der Waals surface area (Å²) in [4.78, 5) is 55.8. The molecule has 3 amide bonds. The van der Waals surface area contributed by atoms with Gasteiger partial charge in [-0.05, 0) is 109 Å². The number of hydrogen-bond donors (Lipinski definition) is 2. The molecule has 1 aromatic heterocycles. The fraction of sp³-hybridized carbons (Fsp3) is 0.465. The van der Waals surface area contributed by atoms with E-state index in [0.29, 0.717) is 32.0 Å². The zero-order valence-corrected chi connectivity index (χ0v) is 32.7. The van der Waals surface area contributed by atoms with E-state index in [1.165, 1.54) is 12.7 Å². The lowest BCUT2D eigenvalue weighted by Crippen LogP contribution is -2.51. The molecule has 0 unspecified atom stereocenters. The van der Waals surface area contributed by atoms with Crippen LogP contribution in [-0.4, -0.2) is 81.5 Å². The molecule has 0 radical (unpaired) electrons. The Labute approximate surface area is 321 Å². The van der Waals surface area contributed by atoms with Crippen molar-refractivity contribution in [1.29, 1.82) is 0 Å². The molecule has 55 heavy (non-hydrogen) atoms. The number of nitrogens with one attached hydrogen (secondary N) is 2. The first kappa shape index (κ1) is 36.6. The SMILES string of the molecule is COC(=O)N[C@H](C(=O)N1CCC[C@H]1c1ncc(-c2ccc3c(c2)COc2cc4c5c(ccc4cc2-3)N=C([C@@H]2C[C@H](C)CN2C(=O)OC(C)(C)C)C5)[nH]1)C(C)C. The summed E-state index contributed by atoms with van der Waals surface area (Å²) in [6, 6.07) is 14.0. The van der Waals surface area contributed by atoms with E-state index in [1.54, 1.807) is 0 Å². The second-order valence-electron chi connectivity index (χ2n) is 16.8.